The normalized spacial score (nSPS) is 11.9. The van der Waals surface area contributed by atoms with E-state index in [2.05, 4.69) is 15.6 Å². The number of amides is 2. The maximum atomic E-state index is 11.7. The monoisotopic (exact) mass is 288 g/mol. The van der Waals surface area contributed by atoms with Crippen LogP contribution >= 0.6 is 0 Å². The summed E-state index contributed by atoms with van der Waals surface area (Å²) < 4.78 is 1.90. The standard InChI is InChI=1S/C15H20N4O2/c1-12(10-13-2-4-14(20)5-3-13)18-15(21)17-7-9-19-8-6-16-11-19/h2-6,8,11-12,20H,7,9-10H2,1H3,(H2,17,18,21)/t12-/m0/s1. The zero-order valence-corrected chi connectivity index (χ0v) is 12.0. The Morgan fingerprint density at radius 2 is 2.14 bits per heavy atom. The molecule has 0 unspecified atom stereocenters. The first-order valence-corrected chi connectivity index (χ1v) is 6.91. The number of nitrogens with zero attached hydrogens (tertiary/aromatic N) is 2. The van der Waals surface area contributed by atoms with Crippen LogP contribution in [0.1, 0.15) is 12.5 Å². The summed E-state index contributed by atoms with van der Waals surface area (Å²) in [6.07, 6.45) is 6.00. The van der Waals surface area contributed by atoms with Crippen molar-refractivity contribution in [3.8, 4) is 5.75 Å². The smallest absolute Gasteiger partial charge is 0.315 e. The van der Waals surface area contributed by atoms with Crippen molar-refractivity contribution in [3.63, 3.8) is 0 Å². The molecule has 0 aliphatic rings. The first-order chi connectivity index (χ1) is 10.1. The fraction of sp³-hybridized carbons (Fsp3) is 0.333. The Kier molecular flexibility index (Phi) is 5.20. The number of phenolic OH excluding ortho intramolecular Hbond substituents is 1. The molecule has 0 saturated heterocycles. The summed E-state index contributed by atoms with van der Waals surface area (Å²) in [5, 5.41) is 14.9. The van der Waals surface area contributed by atoms with E-state index in [-0.39, 0.29) is 17.8 Å². The number of phenols is 1. The van der Waals surface area contributed by atoms with Crippen molar-refractivity contribution in [1.29, 1.82) is 0 Å². The minimum atomic E-state index is -0.179. The topological polar surface area (TPSA) is 79.2 Å². The van der Waals surface area contributed by atoms with Gasteiger partial charge in [-0.1, -0.05) is 12.1 Å². The predicted molar refractivity (Wildman–Crippen MR) is 80.0 cm³/mol. The summed E-state index contributed by atoms with van der Waals surface area (Å²) >= 11 is 0. The Morgan fingerprint density at radius 3 is 2.81 bits per heavy atom. The van der Waals surface area contributed by atoms with E-state index in [9.17, 15) is 9.90 Å². The molecule has 3 N–H and O–H groups in total. The van der Waals surface area contributed by atoms with Crippen LogP contribution < -0.4 is 10.6 Å². The van der Waals surface area contributed by atoms with Crippen LogP contribution in [0.25, 0.3) is 0 Å². The fourth-order valence-corrected chi connectivity index (χ4v) is 2.03. The number of rotatable bonds is 6. The van der Waals surface area contributed by atoms with Gasteiger partial charge in [0.05, 0.1) is 6.33 Å². The molecule has 1 heterocycles. The van der Waals surface area contributed by atoms with Gasteiger partial charge in [-0.15, -0.1) is 0 Å². The molecule has 2 rings (SSSR count). The number of carbonyl (C=O) groups excluding carboxylic acids is 1. The summed E-state index contributed by atoms with van der Waals surface area (Å²) in [4.78, 5) is 15.7. The number of aromatic nitrogens is 2. The van der Waals surface area contributed by atoms with Crippen molar-refractivity contribution in [3.05, 3.63) is 48.5 Å². The summed E-state index contributed by atoms with van der Waals surface area (Å²) in [6.45, 7) is 3.19. The van der Waals surface area contributed by atoms with Crippen LogP contribution in [0.4, 0.5) is 4.79 Å². The molecule has 0 saturated carbocycles. The minimum Gasteiger partial charge on any atom is -0.508 e. The summed E-state index contributed by atoms with van der Waals surface area (Å²) in [5.74, 6) is 0.247. The van der Waals surface area contributed by atoms with E-state index in [1.807, 2.05) is 29.8 Å². The molecule has 0 spiro atoms. The Balaban J connectivity index is 1.68. The van der Waals surface area contributed by atoms with Gasteiger partial charge >= 0.3 is 6.03 Å². The largest absolute Gasteiger partial charge is 0.508 e. The van der Waals surface area contributed by atoms with Gasteiger partial charge in [-0.05, 0) is 31.0 Å². The van der Waals surface area contributed by atoms with E-state index in [0.29, 0.717) is 13.1 Å². The number of aromatic hydroxyl groups is 1. The van der Waals surface area contributed by atoms with Crippen molar-refractivity contribution < 1.29 is 9.90 Å². The van der Waals surface area contributed by atoms with E-state index in [1.54, 1.807) is 24.7 Å². The lowest BCUT2D eigenvalue weighted by Crippen LogP contribution is -2.42. The number of imidazole rings is 1. The van der Waals surface area contributed by atoms with Gasteiger partial charge in [-0.25, -0.2) is 9.78 Å². The minimum absolute atomic E-state index is 0.0165. The molecule has 0 aliphatic heterocycles. The van der Waals surface area contributed by atoms with Gasteiger partial charge in [0.25, 0.3) is 0 Å². The first kappa shape index (κ1) is 14.9. The van der Waals surface area contributed by atoms with Crippen LogP contribution in [0.5, 0.6) is 5.75 Å². The van der Waals surface area contributed by atoms with Crippen LogP contribution in [0.3, 0.4) is 0 Å². The highest BCUT2D eigenvalue weighted by atomic mass is 16.3. The molecule has 0 bridgehead atoms. The van der Waals surface area contributed by atoms with E-state index >= 15 is 0 Å². The van der Waals surface area contributed by atoms with Gasteiger partial charge in [0, 0.05) is 31.5 Å². The molecule has 0 aliphatic carbocycles. The highest BCUT2D eigenvalue weighted by Gasteiger charge is 2.07. The average Bonchev–Trinajstić information content (AvgIpc) is 2.94. The lowest BCUT2D eigenvalue weighted by molar-refractivity contribution is 0.237. The van der Waals surface area contributed by atoms with Crippen LogP contribution in [0, 0.1) is 0 Å². The molecule has 2 amide bonds. The molecule has 2 aromatic rings. The second kappa shape index (κ2) is 7.33. The van der Waals surface area contributed by atoms with E-state index in [1.165, 1.54) is 0 Å². The van der Waals surface area contributed by atoms with Gasteiger partial charge in [0.15, 0.2) is 0 Å². The van der Waals surface area contributed by atoms with Crippen molar-refractivity contribution in [1.82, 2.24) is 20.2 Å². The van der Waals surface area contributed by atoms with Gasteiger partial charge in [-0.3, -0.25) is 0 Å². The van der Waals surface area contributed by atoms with E-state index in [0.717, 1.165) is 12.0 Å². The van der Waals surface area contributed by atoms with Gasteiger partial charge in [0.1, 0.15) is 5.75 Å². The first-order valence-electron chi connectivity index (χ1n) is 6.91. The number of nitrogens with one attached hydrogen (secondary N) is 2. The van der Waals surface area contributed by atoms with Crippen molar-refractivity contribution in [2.24, 2.45) is 0 Å². The number of carbonyl (C=O) groups is 1. The quantitative estimate of drug-likeness (QED) is 0.754. The summed E-state index contributed by atoms with van der Waals surface area (Å²) in [6, 6.07) is 6.83. The Bertz CT molecular complexity index is 552. The third kappa shape index (κ3) is 5.18. The predicted octanol–water partition coefficient (Wildman–Crippen LogP) is 1.52. The molecule has 1 aromatic carbocycles. The lowest BCUT2D eigenvalue weighted by atomic mass is 10.1. The Labute approximate surface area is 123 Å². The maximum Gasteiger partial charge on any atom is 0.315 e. The number of urea groups is 1. The van der Waals surface area contributed by atoms with Crippen LogP contribution in [-0.2, 0) is 13.0 Å². The number of hydrogen-bond donors (Lipinski definition) is 3. The molecule has 21 heavy (non-hydrogen) atoms. The van der Waals surface area contributed by atoms with E-state index in [4.69, 9.17) is 0 Å². The average molecular weight is 288 g/mol. The maximum absolute atomic E-state index is 11.7. The summed E-state index contributed by atoms with van der Waals surface area (Å²) in [7, 11) is 0. The fourth-order valence-electron chi connectivity index (χ4n) is 2.03. The molecular weight excluding hydrogens is 268 g/mol. The summed E-state index contributed by atoms with van der Waals surface area (Å²) in [5.41, 5.74) is 1.07. The highest BCUT2D eigenvalue weighted by Crippen LogP contribution is 2.11. The molecule has 1 atom stereocenters. The molecule has 0 fully saturated rings. The second-order valence-electron chi connectivity index (χ2n) is 4.97. The number of benzene rings is 1. The third-order valence-electron chi connectivity index (χ3n) is 3.07. The van der Waals surface area contributed by atoms with Crippen LogP contribution in [-0.4, -0.2) is 33.3 Å². The van der Waals surface area contributed by atoms with Crippen molar-refractivity contribution in [2.45, 2.75) is 25.9 Å². The molecular formula is C15H20N4O2. The van der Waals surface area contributed by atoms with Crippen molar-refractivity contribution in [2.75, 3.05) is 6.54 Å². The van der Waals surface area contributed by atoms with E-state index < -0.39 is 0 Å². The Morgan fingerprint density at radius 1 is 1.38 bits per heavy atom. The zero-order valence-electron chi connectivity index (χ0n) is 12.0. The lowest BCUT2D eigenvalue weighted by Gasteiger charge is -2.15. The van der Waals surface area contributed by atoms with Crippen molar-refractivity contribution >= 4 is 6.03 Å². The van der Waals surface area contributed by atoms with Crippen LogP contribution in [0.2, 0.25) is 0 Å². The van der Waals surface area contributed by atoms with Gasteiger partial charge in [-0.2, -0.15) is 0 Å². The highest BCUT2D eigenvalue weighted by molar-refractivity contribution is 5.74. The van der Waals surface area contributed by atoms with Crippen LogP contribution in [0.15, 0.2) is 43.0 Å². The molecule has 112 valence electrons. The molecule has 6 nitrogen and oxygen atoms in total. The molecule has 1 aromatic heterocycles. The zero-order chi connectivity index (χ0) is 15.1. The third-order valence-corrected chi connectivity index (χ3v) is 3.07. The molecule has 0 radical (unpaired) electrons. The SMILES string of the molecule is C[C@@H](Cc1ccc(O)cc1)NC(=O)NCCn1ccnc1. The number of hydrogen-bond acceptors (Lipinski definition) is 3. The van der Waals surface area contributed by atoms with Gasteiger partial charge in [0.2, 0.25) is 0 Å². The molecule has 6 heteroatoms. The second-order valence-corrected chi connectivity index (χ2v) is 4.97. The Hall–Kier alpha value is -2.50. The van der Waals surface area contributed by atoms with Gasteiger partial charge < -0.3 is 20.3 Å².